The second-order valence-corrected chi connectivity index (χ2v) is 6.46. The number of ether oxygens (including phenoxy) is 1. The van der Waals surface area contributed by atoms with E-state index >= 15 is 0 Å². The molecule has 0 aliphatic carbocycles. The van der Waals surface area contributed by atoms with Crippen LogP contribution >= 0.6 is 0 Å². The first-order chi connectivity index (χ1) is 9.78. The number of likely N-dealkylation sites (N-methyl/N-ethyl adjacent to an activating group) is 1. The topological polar surface area (TPSA) is 49.9 Å². The highest BCUT2D eigenvalue weighted by atomic mass is 16.5. The lowest BCUT2D eigenvalue weighted by Crippen LogP contribution is -2.52. The van der Waals surface area contributed by atoms with Gasteiger partial charge in [0.25, 0.3) is 11.7 Å². The van der Waals surface area contributed by atoms with Crippen molar-refractivity contribution in [1.29, 1.82) is 0 Å². The summed E-state index contributed by atoms with van der Waals surface area (Å²) in [6, 6.07) is 5.59. The minimum Gasteiger partial charge on any atom is -0.369 e. The molecule has 0 N–H and O–H groups in total. The van der Waals surface area contributed by atoms with Crippen LogP contribution in [0.25, 0.3) is 0 Å². The molecule has 3 rings (SSSR count). The number of nitrogens with zero attached hydrogens (tertiary/aromatic N) is 2. The third-order valence-corrected chi connectivity index (χ3v) is 4.02. The molecule has 1 amide bonds. The second-order valence-electron chi connectivity index (χ2n) is 6.46. The fourth-order valence-electron chi connectivity index (χ4n) is 3.21. The van der Waals surface area contributed by atoms with Gasteiger partial charge in [0, 0.05) is 25.8 Å². The lowest BCUT2D eigenvalue weighted by atomic mass is 10.0. The summed E-state index contributed by atoms with van der Waals surface area (Å²) in [5, 5.41) is 0. The lowest BCUT2D eigenvalue weighted by Gasteiger charge is -2.43. The number of carbonyl (C=O) groups is 2. The number of anilines is 2. The van der Waals surface area contributed by atoms with E-state index in [4.69, 9.17) is 4.74 Å². The Morgan fingerprint density at radius 2 is 2.00 bits per heavy atom. The van der Waals surface area contributed by atoms with Crippen molar-refractivity contribution in [2.45, 2.75) is 32.5 Å². The molecule has 1 saturated heterocycles. The van der Waals surface area contributed by atoms with E-state index in [-0.39, 0.29) is 11.7 Å². The van der Waals surface area contributed by atoms with E-state index in [9.17, 15) is 9.59 Å². The standard InChI is InChI=1S/C16H20N2O3/c1-10-8-18(9-16(2,3)21-10)11-5-6-12-13(7-11)17(4)15(20)14(12)19/h5-7,10H,8-9H2,1-4H3. The van der Waals surface area contributed by atoms with E-state index in [1.165, 1.54) is 4.90 Å². The van der Waals surface area contributed by atoms with Crippen molar-refractivity contribution < 1.29 is 14.3 Å². The molecule has 112 valence electrons. The minimum atomic E-state index is -0.460. The van der Waals surface area contributed by atoms with Crippen molar-refractivity contribution in [3.8, 4) is 0 Å². The zero-order valence-electron chi connectivity index (χ0n) is 12.8. The van der Waals surface area contributed by atoms with Crippen molar-refractivity contribution in [3.63, 3.8) is 0 Å². The zero-order valence-corrected chi connectivity index (χ0v) is 12.8. The van der Waals surface area contributed by atoms with Crippen LogP contribution < -0.4 is 9.80 Å². The third kappa shape index (κ3) is 2.31. The lowest BCUT2D eigenvalue weighted by molar-refractivity contribution is -0.114. The fourth-order valence-corrected chi connectivity index (χ4v) is 3.21. The van der Waals surface area contributed by atoms with Gasteiger partial charge in [0.15, 0.2) is 0 Å². The first-order valence-corrected chi connectivity index (χ1v) is 7.18. The number of benzene rings is 1. The maximum Gasteiger partial charge on any atom is 0.299 e. The first kappa shape index (κ1) is 14.1. The Balaban J connectivity index is 1.95. The molecule has 2 heterocycles. The summed E-state index contributed by atoms with van der Waals surface area (Å²) in [4.78, 5) is 27.2. The Hall–Kier alpha value is -1.88. The van der Waals surface area contributed by atoms with Crippen molar-refractivity contribution in [3.05, 3.63) is 23.8 Å². The van der Waals surface area contributed by atoms with Gasteiger partial charge >= 0.3 is 0 Å². The van der Waals surface area contributed by atoms with Gasteiger partial charge in [0.05, 0.1) is 23.0 Å². The van der Waals surface area contributed by atoms with Gasteiger partial charge in [-0.15, -0.1) is 0 Å². The molecule has 2 aliphatic rings. The van der Waals surface area contributed by atoms with Crippen LogP contribution in [0.2, 0.25) is 0 Å². The highest BCUT2D eigenvalue weighted by Gasteiger charge is 2.35. The summed E-state index contributed by atoms with van der Waals surface area (Å²) < 4.78 is 5.91. The van der Waals surface area contributed by atoms with Gasteiger partial charge in [-0.25, -0.2) is 0 Å². The summed E-state index contributed by atoms with van der Waals surface area (Å²) in [5.41, 5.74) is 1.99. The summed E-state index contributed by atoms with van der Waals surface area (Å²) in [5.74, 6) is -0.882. The first-order valence-electron chi connectivity index (χ1n) is 7.18. The van der Waals surface area contributed by atoms with Crippen LogP contribution in [0.5, 0.6) is 0 Å². The molecule has 0 radical (unpaired) electrons. The molecule has 0 spiro atoms. The summed E-state index contributed by atoms with van der Waals surface area (Å²) in [6.45, 7) is 7.78. The average Bonchev–Trinajstić information content (AvgIpc) is 2.61. The van der Waals surface area contributed by atoms with Crippen LogP contribution in [-0.2, 0) is 9.53 Å². The van der Waals surface area contributed by atoms with E-state index in [2.05, 4.69) is 25.7 Å². The van der Waals surface area contributed by atoms with Gasteiger partial charge in [-0.1, -0.05) is 0 Å². The Morgan fingerprint density at radius 3 is 2.67 bits per heavy atom. The molecule has 5 nitrogen and oxygen atoms in total. The van der Waals surface area contributed by atoms with Crippen LogP contribution in [0.4, 0.5) is 11.4 Å². The predicted octanol–water partition coefficient (Wildman–Crippen LogP) is 1.85. The van der Waals surface area contributed by atoms with Gasteiger partial charge in [-0.3, -0.25) is 9.59 Å². The molecule has 0 aromatic heterocycles. The fraction of sp³-hybridized carbons (Fsp3) is 0.500. The van der Waals surface area contributed by atoms with Crippen molar-refractivity contribution in [1.82, 2.24) is 0 Å². The van der Waals surface area contributed by atoms with Gasteiger partial charge in [0.2, 0.25) is 0 Å². The minimum absolute atomic E-state index is 0.142. The van der Waals surface area contributed by atoms with E-state index < -0.39 is 11.7 Å². The molecule has 1 atom stereocenters. The molecule has 1 unspecified atom stereocenters. The summed E-state index contributed by atoms with van der Waals surface area (Å²) in [6.07, 6.45) is 0.142. The van der Waals surface area contributed by atoms with E-state index in [1.807, 2.05) is 12.1 Å². The molecule has 2 aliphatic heterocycles. The number of Topliss-reactive ketones (excluding diaryl/α,β-unsaturated/α-hetero) is 1. The number of hydrogen-bond acceptors (Lipinski definition) is 4. The number of rotatable bonds is 1. The van der Waals surface area contributed by atoms with Crippen LogP contribution in [0.1, 0.15) is 31.1 Å². The Bertz CT molecular complexity index is 624. The predicted molar refractivity (Wildman–Crippen MR) is 81.0 cm³/mol. The van der Waals surface area contributed by atoms with Gasteiger partial charge in [-0.2, -0.15) is 0 Å². The smallest absolute Gasteiger partial charge is 0.299 e. The van der Waals surface area contributed by atoms with E-state index in [0.29, 0.717) is 11.3 Å². The largest absolute Gasteiger partial charge is 0.369 e. The van der Waals surface area contributed by atoms with Gasteiger partial charge < -0.3 is 14.5 Å². The Morgan fingerprint density at radius 1 is 1.29 bits per heavy atom. The Labute approximate surface area is 124 Å². The number of carbonyl (C=O) groups excluding carboxylic acids is 2. The van der Waals surface area contributed by atoms with E-state index in [0.717, 1.165) is 18.8 Å². The summed E-state index contributed by atoms with van der Waals surface area (Å²) >= 11 is 0. The molecular formula is C16H20N2O3. The quantitative estimate of drug-likeness (QED) is 0.740. The van der Waals surface area contributed by atoms with Crippen molar-refractivity contribution in [2.75, 3.05) is 29.9 Å². The maximum atomic E-state index is 11.8. The van der Waals surface area contributed by atoms with Crippen molar-refractivity contribution in [2.24, 2.45) is 0 Å². The SMILES string of the molecule is CC1CN(c2ccc3c(c2)N(C)C(=O)C3=O)CC(C)(C)O1. The number of morpholine rings is 1. The Kier molecular flexibility index (Phi) is 3.06. The van der Waals surface area contributed by atoms with Crippen LogP contribution in [0.3, 0.4) is 0 Å². The monoisotopic (exact) mass is 288 g/mol. The molecule has 1 aromatic rings. The highest BCUT2D eigenvalue weighted by molar-refractivity contribution is 6.52. The number of fused-ring (bicyclic) bond motifs is 1. The molecule has 21 heavy (non-hydrogen) atoms. The molecule has 0 bridgehead atoms. The molecule has 1 aromatic carbocycles. The van der Waals surface area contributed by atoms with Gasteiger partial charge in [0.1, 0.15) is 0 Å². The van der Waals surface area contributed by atoms with Crippen LogP contribution in [0, 0.1) is 0 Å². The summed E-state index contributed by atoms with van der Waals surface area (Å²) in [7, 11) is 1.64. The maximum absolute atomic E-state index is 11.8. The van der Waals surface area contributed by atoms with Crippen LogP contribution in [0.15, 0.2) is 18.2 Å². The van der Waals surface area contributed by atoms with Crippen molar-refractivity contribution >= 4 is 23.1 Å². The number of hydrogen-bond donors (Lipinski definition) is 0. The van der Waals surface area contributed by atoms with E-state index in [1.54, 1.807) is 13.1 Å². The third-order valence-electron chi connectivity index (χ3n) is 4.02. The molecule has 0 saturated carbocycles. The molecular weight excluding hydrogens is 268 g/mol. The second kappa shape index (κ2) is 4.56. The van der Waals surface area contributed by atoms with Gasteiger partial charge in [-0.05, 0) is 39.0 Å². The molecule has 5 heteroatoms. The number of ketones is 1. The normalized spacial score (nSPS) is 24.5. The van der Waals surface area contributed by atoms with Crippen LogP contribution in [-0.4, -0.2) is 43.5 Å². The zero-order chi connectivity index (χ0) is 15.4. The number of amides is 1. The highest BCUT2D eigenvalue weighted by Crippen LogP contribution is 2.34. The molecule has 1 fully saturated rings. The average molecular weight is 288 g/mol.